The lowest BCUT2D eigenvalue weighted by atomic mass is 10.2. The van der Waals surface area contributed by atoms with E-state index in [1.54, 1.807) is 25.4 Å². The molecule has 2 rings (SSSR count). The van der Waals surface area contributed by atoms with E-state index in [4.69, 9.17) is 4.74 Å². The highest BCUT2D eigenvalue weighted by Crippen LogP contribution is 2.12. The number of pyridine rings is 1. The Balaban J connectivity index is 1.93. The van der Waals surface area contributed by atoms with Gasteiger partial charge in [-0.05, 0) is 35.7 Å². The lowest BCUT2D eigenvalue weighted by molar-refractivity contribution is 0.0951. The quantitative estimate of drug-likeness (QED) is 0.824. The summed E-state index contributed by atoms with van der Waals surface area (Å²) in [5.41, 5.74) is 1.62. The van der Waals surface area contributed by atoms with Crippen LogP contribution in [-0.2, 0) is 6.54 Å². The Hall–Kier alpha value is -2.56. The van der Waals surface area contributed by atoms with Gasteiger partial charge in [0.25, 0.3) is 5.91 Å². The number of carbonyl (C=O) groups is 1. The summed E-state index contributed by atoms with van der Waals surface area (Å²) in [5.74, 6) is 1.92. The van der Waals surface area contributed by atoms with Crippen LogP contribution in [0.5, 0.6) is 5.75 Å². The molecule has 0 spiro atoms. The highest BCUT2D eigenvalue weighted by Gasteiger charge is 2.07. The third-order valence-corrected chi connectivity index (χ3v) is 3.33. The smallest absolute Gasteiger partial charge is 0.251 e. The highest BCUT2D eigenvalue weighted by atomic mass is 16.5. The molecule has 1 aromatic heterocycles. The predicted octanol–water partition coefficient (Wildman–Crippen LogP) is 3.09. The lowest BCUT2D eigenvalue weighted by Gasteiger charge is -2.10. The zero-order valence-electron chi connectivity index (χ0n) is 13.8. The number of benzene rings is 1. The van der Waals surface area contributed by atoms with Crippen LogP contribution in [-0.4, -0.2) is 24.5 Å². The molecule has 5 nitrogen and oxygen atoms in total. The molecule has 0 aliphatic carbocycles. The Labute approximate surface area is 137 Å². The van der Waals surface area contributed by atoms with E-state index in [1.165, 1.54) is 0 Å². The number of aromatic nitrogens is 1. The van der Waals surface area contributed by atoms with Crippen LogP contribution >= 0.6 is 0 Å². The second-order valence-corrected chi connectivity index (χ2v) is 5.74. The molecule has 1 aromatic carbocycles. The van der Waals surface area contributed by atoms with Gasteiger partial charge in [-0.2, -0.15) is 0 Å². The van der Waals surface area contributed by atoms with Gasteiger partial charge in [-0.3, -0.25) is 4.79 Å². The molecular formula is C18H23N3O2. The molecule has 0 saturated carbocycles. The van der Waals surface area contributed by atoms with Gasteiger partial charge in [-0.1, -0.05) is 26.0 Å². The number of ether oxygens (including phenoxy) is 1. The first kappa shape index (κ1) is 16.8. The number of hydrogen-bond acceptors (Lipinski definition) is 4. The van der Waals surface area contributed by atoms with Crippen molar-refractivity contribution in [2.24, 2.45) is 5.92 Å². The van der Waals surface area contributed by atoms with Crippen LogP contribution in [0.25, 0.3) is 0 Å². The minimum absolute atomic E-state index is 0.115. The summed E-state index contributed by atoms with van der Waals surface area (Å²) >= 11 is 0. The van der Waals surface area contributed by atoms with Gasteiger partial charge in [0.2, 0.25) is 0 Å². The average Bonchev–Trinajstić information content (AvgIpc) is 2.58. The van der Waals surface area contributed by atoms with Gasteiger partial charge in [-0.15, -0.1) is 0 Å². The number of hydrogen-bond donors (Lipinski definition) is 2. The summed E-state index contributed by atoms with van der Waals surface area (Å²) < 4.78 is 5.12. The minimum Gasteiger partial charge on any atom is -0.497 e. The summed E-state index contributed by atoms with van der Waals surface area (Å²) in [4.78, 5) is 16.5. The number of nitrogens with one attached hydrogen (secondary N) is 2. The second kappa shape index (κ2) is 8.17. The van der Waals surface area contributed by atoms with Crippen LogP contribution < -0.4 is 15.4 Å². The van der Waals surface area contributed by atoms with Gasteiger partial charge in [0.15, 0.2) is 0 Å². The van der Waals surface area contributed by atoms with Crippen molar-refractivity contribution in [2.75, 3.05) is 19.0 Å². The molecular weight excluding hydrogens is 290 g/mol. The van der Waals surface area contributed by atoms with Crippen LogP contribution in [0.4, 0.5) is 5.82 Å². The molecule has 0 unspecified atom stereocenters. The lowest BCUT2D eigenvalue weighted by Crippen LogP contribution is -2.23. The standard InChI is InChI=1S/C18H23N3O2/c1-13(2)11-20-17-10-15(8-9-19-17)18(22)21-12-14-4-6-16(23-3)7-5-14/h4-10,13H,11-12H2,1-3H3,(H,19,20)(H,21,22). The molecule has 2 aromatic rings. The SMILES string of the molecule is COc1ccc(CNC(=O)c2ccnc(NCC(C)C)c2)cc1. The Kier molecular flexibility index (Phi) is 5.97. The molecule has 5 heteroatoms. The van der Waals surface area contributed by atoms with Crippen molar-refractivity contribution < 1.29 is 9.53 Å². The van der Waals surface area contributed by atoms with E-state index >= 15 is 0 Å². The highest BCUT2D eigenvalue weighted by molar-refractivity contribution is 5.94. The predicted molar refractivity (Wildman–Crippen MR) is 91.7 cm³/mol. The van der Waals surface area contributed by atoms with Crippen LogP contribution in [0.2, 0.25) is 0 Å². The summed E-state index contributed by atoms with van der Waals surface area (Å²) in [6.45, 7) is 5.54. The zero-order valence-corrected chi connectivity index (χ0v) is 13.8. The van der Waals surface area contributed by atoms with Crippen molar-refractivity contribution in [1.29, 1.82) is 0 Å². The van der Waals surface area contributed by atoms with Crippen LogP contribution in [0.15, 0.2) is 42.6 Å². The Morgan fingerprint density at radius 1 is 1.22 bits per heavy atom. The second-order valence-electron chi connectivity index (χ2n) is 5.74. The topological polar surface area (TPSA) is 63.2 Å². The Morgan fingerprint density at radius 3 is 2.61 bits per heavy atom. The van der Waals surface area contributed by atoms with Crippen molar-refractivity contribution in [3.63, 3.8) is 0 Å². The molecule has 0 saturated heterocycles. The fourth-order valence-electron chi connectivity index (χ4n) is 2.00. The van der Waals surface area contributed by atoms with Crippen LogP contribution in [0.3, 0.4) is 0 Å². The van der Waals surface area contributed by atoms with Crippen molar-refractivity contribution in [3.05, 3.63) is 53.7 Å². The third-order valence-electron chi connectivity index (χ3n) is 3.33. The van der Waals surface area contributed by atoms with E-state index in [9.17, 15) is 4.79 Å². The normalized spacial score (nSPS) is 10.4. The van der Waals surface area contributed by atoms with Gasteiger partial charge in [0.1, 0.15) is 11.6 Å². The molecule has 0 bridgehead atoms. The molecule has 23 heavy (non-hydrogen) atoms. The van der Waals surface area contributed by atoms with Crippen molar-refractivity contribution in [3.8, 4) is 5.75 Å². The van der Waals surface area contributed by atoms with Crippen LogP contribution in [0.1, 0.15) is 29.8 Å². The van der Waals surface area contributed by atoms with Crippen molar-refractivity contribution >= 4 is 11.7 Å². The monoisotopic (exact) mass is 313 g/mol. The van der Waals surface area contributed by atoms with E-state index in [0.717, 1.165) is 23.7 Å². The molecule has 2 N–H and O–H groups in total. The van der Waals surface area contributed by atoms with Crippen LogP contribution in [0, 0.1) is 5.92 Å². The fourth-order valence-corrected chi connectivity index (χ4v) is 2.00. The van der Waals surface area contributed by atoms with Gasteiger partial charge < -0.3 is 15.4 Å². The first-order valence-corrected chi connectivity index (χ1v) is 7.69. The first-order valence-electron chi connectivity index (χ1n) is 7.69. The molecule has 122 valence electrons. The number of carbonyl (C=O) groups excluding carboxylic acids is 1. The molecule has 0 fully saturated rings. The van der Waals surface area contributed by atoms with E-state index in [0.29, 0.717) is 18.0 Å². The summed E-state index contributed by atoms with van der Waals surface area (Å²) in [7, 11) is 1.63. The molecule has 0 aliphatic heterocycles. The molecule has 0 aliphatic rings. The minimum atomic E-state index is -0.115. The number of methoxy groups -OCH3 is 1. The van der Waals surface area contributed by atoms with Crippen molar-refractivity contribution in [2.45, 2.75) is 20.4 Å². The first-order chi connectivity index (χ1) is 11.1. The number of amides is 1. The van der Waals surface area contributed by atoms with Gasteiger partial charge in [-0.25, -0.2) is 4.98 Å². The number of rotatable bonds is 7. The molecule has 0 radical (unpaired) electrons. The number of anilines is 1. The summed E-state index contributed by atoms with van der Waals surface area (Å²) in [6.07, 6.45) is 1.64. The van der Waals surface area contributed by atoms with E-state index in [-0.39, 0.29) is 5.91 Å². The maximum absolute atomic E-state index is 12.2. The maximum Gasteiger partial charge on any atom is 0.251 e. The van der Waals surface area contributed by atoms with Crippen molar-refractivity contribution in [1.82, 2.24) is 10.3 Å². The number of nitrogens with zero attached hydrogens (tertiary/aromatic N) is 1. The van der Waals surface area contributed by atoms with Gasteiger partial charge in [0.05, 0.1) is 7.11 Å². The van der Waals surface area contributed by atoms with Gasteiger partial charge in [0, 0.05) is 24.8 Å². The van der Waals surface area contributed by atoms with E-state index < -0.39 is 0 Å². The Bertz CT molecular complexity index is 639. The third kappa shape index (κ3) is 5.29. The fraction of sp³-hybridized carbons (Fsp3) is 0.333. The van der Waals surface area contributed by atoms with E-state index in [1.807, 2.05) is 24.3 Å². The maximum atomic E-state index is 12.2. The summed E-state index contributed by atoms with van der Waals surface area (Å²) in [5, 5.41) is 6.13. The molecule has 1 amide bonds. The van der Waals surface area contributed by atoms with E-state index in [2.05, 4.69) is 29.5 Å². The van der Waals surface area contributed by atoms with Gasteiger partial charge >= 0.3 is 0 Å². The molecule has 1 heterocycles. The average molecular weight is 313 g/mol. The largest absolute Gasteiger partial charge is 0.497 e. The zero-order chi connectivity index (χ0) is 16.7. The Morgan fingerprint density at radius 2 is 1.96 bits per heavy atom. The molecule has 0 atom stereocenters. The summed E-state index contributed by atoms with van der Waals surface area (Å²) in [6, 6.07) is 11.1.